The molecule has 5 heterocycles. The molecule has 0 N–H and O–H groups in total. The molecular weight excluding hydrogens is 378 g/mol. The quantitative estimate of drug-likeness (QED) is 0.521. The molecule has 0 radical (unpaired) electrons. The Morgan fingerprint density at radius 1 is 0.933 bits per heavy atom. The number of aromatic nitrogens is 6. The summed E-state index contributed by atoms with van der Waals surface area (Å²) in [5.74, 6) is 2.23. The second-order valence-electron chi connectivity index (χ2n) is 7.76. The zero-order valence-corrected chi connectivity index (χ0v) is 17.2. The largest absolute Gasteiger partial charge is 0.372 e. The average molecular weight is 401 g/mol. The SMILES string of the molecule is Cc1ccc(-n2c(-c3cnc(N4C[C@@H](C)O[C@@H](C)C4)nc3)nc3ccncc32)nc1. The number of aryl methyl sites for hydroxylation is 1. The van der Waals surface area contributed by atoms with Crippen LogP contribution < -0.4 is 4.90 Å². The minimum Gasteiger partial charge on any atom is -0.372 e. The molecule has 4 aromatic heterocycles. The second-order valence-corrected chi connectivity index (χ2v) is 7.76. The highest BCUT2D eigenvalue weighted by atomic mass is 16.5. The van der Waals surface area contributed by atoms with E-state index in [1.165, 1.54) is 0 Å². The van der Waals surface area contributed by atoms with Gasteiger partial charge in [-0.1, -0.05) is 6.07 Å². The molecule has 0 amide bonds. The number of hydrogen-bond acceptors (Lipinski definition) is 7. The van der Waals surface area contributed by atoms with E-state index in [0.29, 0.717) is 5.95 Å². The zero-order chi connectivity index (χ0) is 20.7. The third kappa shape index (κ3) is 3.39. The van der Waals surface area contributed by atoms with Gasteiger partial charge in [0, 0.05) is 37.9 Å². The number of fused-ring (bicyclic) bond motifs is 1. The van der Waals surface area contributed by atoms with E-state index in [2.05, 4.69) is 38.7 Å². The van der Waals surface area contributed by atoms with Crippen LogP contribution in [0.4, 0.5) is 5.95 Å². The maximum Gasteiger partial charge on any atom is 0.225 e. The van der Waals surface area contributed by atoms with Gasteiger partial charge in [0.2, 0.25) is 5.95 Å². The Labute approximate surface area is 174 Å². The lowest BCUT2D eigenvalue weighted by atomic mass is 10.2. The van der Waals surface area contributed by atoms with Crippen LogP contribution in [0.1, 0.15) is 19.4 Å². The number of nitrogens with zero attached hydrogens (tertiary/aromatic N) is 7. The van der Waals surface area contributed by atoms with Gasteiger partial charge in [0.25, 0.3) is 0 Å². The van der Waals surface area contributed by atoms with Crippen molar-refractivity contribution in [2.75, 3.05) is 18.0 Å². The molecule has 1 aliphatic heterocycles. The summed E-state index contributed by atoms with van der Waals surface area (Å²) in [5, 5.41) is 0. The van der Waals surface area contributed by atoms with Gasteiger partial charge < -0.3 is 9.64 Å². The number of anilines is 1. The van der Waals surface area contributed by atoms with Crippen LogP contribution in [0.3, 0.4) is 0 Å². The van der Waals surface area contributed by atoms with Crippen LogP contribution in [0.15, 0.2) is 49.2 Å². The van der Waals surface area contributed by atoms with Crippen LogP contribution in [0.5, 0.6) is 0 Å². The molecule has 1 saturated heterocycles. The van der Waals surface area contributed by atoms with Gasteiger partial charge in [-0.15, -0.1) is 0 Å². The topological polar surface area (TPSA) is 81.9 Å². The van der Waals surface area contributed by atoms with Gasteiger partial charge in [0.05, 0.1) is 35.0 Å². The molecule has 0 aromatic carbocycles. The molecular formula is C22H23N7O. The smallest absolute Gasteiger partial charge is 0.225 e. The molecule has 8 nitrogen and oxygen atoms in total. The lowest BCUT2D eigenvalue weighted by Gasteiger charge is -2.35. The molecule has 1 fully saturated rings. The van der Waals surface area contributed by atoms with E-state index >= 15 is 0 Å². The van der Waals surface area contributed by atoms with Crippen molar-refractivity contribution < 1.29 is 4.74 Å². The maximum absolute atomic E-state index is 5.81. The van der Waals surface area contributed by atoms with E-state index in [9.17, 15) is 0 Å². The van der Waals surface area contributed by atoms with Gasteiger partial charge in [-0.2, -0.15) is 0 Å². The summed E-state index contributed by atoms with van der Waals surface area (Å²) in [6.07, 6.45) is 9.36. The molecule has 152 valence electrons. The average Bonchev–Trinajstić information content (AvgIpc) is 3.13. The Morgan fingerprint density at radius 2 is 1.70 bits per heavy atom. The van der Waals surface area contributed by atoms with Crippen LogP contribution in [0, 0.1) is 6.92 Å². The van der Waals surface area contributed by atoms with E-state index in [-0.39, 0.29) is 12.2 Å². The standard InChI is InChI=1S/C22H23N7O/c1-14-4-5-20(24-8-14)29-19-11-23-7-6-18(19)27-21(29)17-9-25-22(26-10-17)28-12-15(2)30-16(3)13-28/h4-11,15-16H,12-13H2,1-3H3/t15-,16+. The Balaban J connectivity index is 1.56. The molecule has 0 saturated carbocycles. The molecule has 0 spiro atoms. The predicted molar refractivity (Wildman–Crippen MR) is 115 cm³/mol. The van der Waals surface area contributed by atoms with Crippen molar-refractivity contribution >= 4 is 17.0 Å². The fourth-order valence-electron chi connectivity index (χ4n) is 3.88. The highest BCUT2D eigenvalue weighted by Crippen LogP contribution is 2.27. The van der Waals surface area contributed by atoms with E-state index in [1.54, 1.807) is 12.4 Å². The molecule has 0 bridgehead atoms. The molecule has 0 aliphatic carbocycles. The van der Waals surface area contributed by atoms with Gasteiger partial charge in [0.1, 0.15) is 11.6 Å². The molecule has 2 atom stereocenters. The third-order valence-electron chi connectivity index (χ3n) is 5.18. The van der Waals surface area contributed by atoms with Gasteiger partial charge in [-0.05, 0) is 38.5 Å². The summed E-state index contributed by atoms with van der Waals surface area (Å²) in [7, 11) is 0. The summed E-state index contributed by atoms with van der Waals surface area (Å²) < 4.78 is 7.81. The summed E-state index contributed by atoms with van der Waals surface area (Å²) in [5.41, 5.74) is 3.67. The molecule has 4 aromatic rings. The van der Waals surface area contributed by atoms with Crippen molar-refractivity contribution in [3.05, 3.63) is 54.7 Å². The van der Waals surface area contributed by atoms with Crippen molar-refractivity contribution in [3.8, 4) is 17.2 Å². The molecule has 30 heavy (non-hydrogen) atoms. The van der Waals surface area contributed by atoms with E-state index < -0.39 is 0 Å². The maximum atomic E-state index is 5.81. The van der Waals surface area contributed by atoms with Gasteiger partial charge in [0.15, 0.2) is 0 Å². The Bertz CT molecular complexity index is 1160. The van der Waals surface area contributed by atoms with Crippen LogP contribution in [0.2, 0.25) is 0 Å². The van der Waals surface area contributed by atoms with Gasteiger partial charge in [-0.25, -0.2) is 19.9 Å². The number of morpholine rings is 1. The fraction of sp³-hybridized carbons (Fsp3) is 0.318. The first-order chi connectivity index (χ1) is 14.6. The van der Waals surface area contributed by atoms with Gasteiger partial charge >= 0.3 is 0 Å². The summed E-state index contributed by atoms with van der Waals surface area (Å²) >= 11 is 0. The van der Waals surface area contributed by atoms with Crippen molar-refractivity contribution in [1.29, 1.82) is 0 Å². The number of rotatable bonds is 3. The Hall–Kier alpha value is -3.39. The van der Waals surface area contributed by atoms with E-state index in [1.807, 2.05) is 48.3 Å². The van der Waals surface area contributed by atoms with Crippen molar-refractivity contribution in [2.45, 2.75) is 33.0 Å². The number of hydrogen-bond donors (Lipinski definition) is 0. The first-order valence-corrected chi connectivity index (χ1v) is 10.1. The van der Waals surface area contributed by atoms with E-state index in [4.69, 9.17) is 9.72 Å². The van der Waals surface area contributed by atoms with Gasteiger partial charge in [-0.3, -0.25) is 9.55 Å². The molecule has 0 unspecified atom stereocenters. The summed E-state index contributed by atoms with van der Waals surface area (Å²) in [6.45, 7) is 7.72. The Kier molecular flexibility index (Phi) is 4.63. The van der Waals surface area contributed by atoms with Crippen LogP contribution in [0.25, 0.3) is 28.2 Å². The minimum absolute atomic E-state index is 0.154. The normalized spacial score (nSPS) is 19.4. The molecule has 1 aliphatic rings. The second kappa shape index (κ2) is 7.46. The number of pyridine rings is 2. The third-order valence-corrected chi connectivity index (χ3v) is 5.18. The number of imidazole rings is 1. The number of ether oxygens (including phenoxy) is 1. The summed E-state index contributed by atoms with van der Waals surface area (Å²) in [4.78, 5) is 25.1. The fourth-order valence-corrected chi connectivity index (χ4v) is 3.88. The highest BCUT2D eigenvalue weighted by molar-refractivity contribution is 5.81. The van der Waals surface area contributed by atoms with Crippen LogP contribution >= 0.6 is 0 Å². The minimum atomic E-state index is 0.154. The summed E-state index contributed by atoms with van der Waals surface area (Å²) in [6, 6.07) is 5.92. The lowest BCUT2D eigenvalue weighted by Crippen LogP contribution is -2.46. The Morgan fingerprint density at radius 3 is 2.40 bits per heavy atom. The first kappa shape index (κ1) is 18.6. The predicted octanol–water partition coefficient (Wildman–Crippen LogP) is 3.19. The lowest BCUT2D eigenvalue weighted by molar-refractivity contribution is -0.00571. The zero-order valence-electron chi connectivity index (χ0n) is 17.2. The van der Waals surface area contributed by atoms with Crippen molar-refractivity contribution in [1.82, 2.24) is 29.5 Å². The van der Waals surface area contributed by atoms with Crippen molar-refractivity contribution in [2.24, 2.45) is 0 Å². The first-order valence-electron chi connectivity index (χ1n) is 10.1. The molecule has 8 heteroatoms. The highest BCUT2D eigenvalue weighted by Gasteiger charge is 2.24. The van der Waals surface area contributed by atoms with E-state index in [0.717, 1.165) is 46.9 Å². The monoisotopic (exact) mass is 401 g/mol. The van der Waals surface area contributed by atoms with Crippen LogP contribution in [-0.4, -0.2) is 54.8 Å². The van der Waals surface area contributed by atoms with Crippen LogP contribution in [-0.2, 0) is 4.74 Å². The molecule has 5 rings (SSSR count). The van der Waals surface area contributed by atoms with Crippen molar-refractivity contribution in [3.63, 3.8) is 0 Å².